The van der Waals surface area contributed by atoms with E-state index in [0.29, 0.717) is 13.2 Å². The molecule has 0 aromatic heterocycles. The van der Waals surface area contributed by atoms with Crippen LogP contribution in [0, 0.1) is 0 Å². The minimum absolute atomic E-state index is 0.112. The van der Waals surface area contributed by atoms with Crippen LogP contribution in [0.1, 0.15) is 122 Å². The number of hydrogen-bond acceptors (Lipinski definition) is 4. The highest BCUT2D eigenvalue weighted by atomic mass is 16.5. The Hall–Kier alpha value is -0.870. The highest BCUT2D eigenvalue weighted by Crippen LogP contribution is 2.12. The molecule has 0 fully saturated rings. The third-order valence-corrected chi connectivity index (χ3v) is 5.29. The molecule has 0 saturated heterocycles. The van der Waals surface area contributed by atoms with Gasteiger partial charge in [-0.3, -0.25) is 4.79 Å². The molecule has 29 heavy (non-hydrogen) atoms. The van der Waals surface area contributed by atoms with Crippen molar-refractivity contribution in [3.8, 4) is 0 Å². The molecule has 0 amide bonds. The van der Waals surface area contributed by atoms with E-state index in [1.807, 2.05) is 0 Å². The van der Waals surface area contributed by atoms with Gasteiger partial charge in [-0.25, -0.2) is 0 Å². The number of aliphatic hydroxyl groups excluding tert-OH is 2. The van der Waals surface area contributed by atoms with Crippen molar-refractivity contribution in [3.05, 3.63) is 12.2 Å². The number of rotatable bonds is 23. The fourth-order valence-electron chi connectivity index (χ4n) is 3.44. The van der Waals surface area contributed by atoms with Gasteiger partial charge in [0, 0.05) is 6.61 Å². The maximum absolute atomic E-state index is 11.1. The lowest BCUT2D eigenvalue weighted by atomic mass is 10.1. The summed E-state index contributed by atoms with van der Waals surface area (Å²) in [4.78, 5) is 11.1. The van der Waals surface area contributed by atoms with E-state index in [2.05, 4.69) is 12.2 Å². The predicted molar refractivity (Wildman–Crippen MR) is 122 cm³/mol. The molecule has 0 heterocycles. The van der Waals surface area contributed by atoms with Crippen molar-refractivity contribution in [2.75, 3.05) is 19.8 Å². The normalized spacial score (nSPS) is 11.4. The highest BCUT2D eigenvalue weighted by Gasteiger charge is 2.00. The molecule has 0 aliphatic rings. The predicted octanol–water partition coefficient (Wildman–Crippen LogP) is 6.48. The zero-order chi connectivity index (χ0) is 21.3. The maximum atomic E-state index is 11.1. The van der Waals surface area contributed by atoms with Crippen LogP contribution in [0.15, 0.2) is 12.2 Å². The molecule has 0 aliphatic heterocycles. The molecule has 0 unspecified atom stereocenters. The second kappa shape index (κ2) is 25.2. The molecule has 0 aliphatic carbocycles. The van der Waals surface area contributed by atoms with Crippen molar-refractivity contribution in [2.45, 2.75) is 122 Å². The number of allylic oxidation sites excluding steroid dienone is 2. The second-order valence-corrected chi connectivity index (χ2v) is 8.12. The van der Waals surface area contributed by atoms with Gasteiger partial charge in [0.05, 0.1) is 19.6 Å². The van der Waals surface area contributed by atoms with Crippen molar-refractivity contribution < 1.29 is 19.7 Å². The van der Waals surface area contributed by atoms with Gasteiger partial charge in [-0.15, -0.1) is 0 Å². The van der Waals surface area contributed by atoms with E-state index < -0.39 is 0 Å². The van der Waals surface area contributed by atoms with Gasteiger partial charge in [0.2, 0.25) is 0 Å². The smallest absolute Gasteiger partial charge is 0.308 e. The van der Waals surface area contributed by atoms with Gasteiger partial charge in [0.15, 0.2) is 0 Å². The summed E-state index contributed by atoms with van der Waals surface area (Å²) in [6.07, 6.45) is 27.3. The Kier molecular flexibility index (Phi) is 24.4. The Labute approximate surface area is 180 Å². The number of hydrogen-bond donors (Lipinski definition) is 2. The van der Waals surface area contributed by atoms with Crippen LogP contribution >= 0.6 is 0 Å². The van der Waals surface area contributed by atoms with Crippen LogP contribution in [0.2, 0.25) is 0 Å². The molecule has 172 valence electrons. The van der Waals surface area contributed by atoms with Crippen LogP contribution in [0.5, 0.6) is 0 Å². The maximum Gasteiger partial charge on any atom is 0.308 e. The SMILES string of the molecule is O=C(CCO)OCCCCCCCCC=CCCCCCCCCCCCCO. The molecule has 2 N–H and O–H groups in total. The van der Waals surface area contributed by atoms with E-state index in [-0.39, 0.29) is 19.0 Å². The molecular formula is C25H48O4. The number of esters is 1. The second-order valence-electron chi connectivity index (χ2n) is 8.12. The van der Waals surface area contributed by atoms with Crippen LogP contribution in [0.3, 0.4) is 0 Å². The summed E-state index contributed by atoms with van der Waals surface area (Å²) in [7, 11) is 0. The van der Waals surface area contributed by atoms with Gasteiger partial charge < -0.3 is 14.9 Å². The van der Waals surface area contributed by atoms with Crippen LogP contribution in [-0.4, -0.2) is 36.0 Å². The average molecular weight is 413 g/mol. The standard InChI is InChI=1S/C25H48O4/c26-22-19-17-15-13-11-9-7-5-3-1-2-4-6-8-10-12-14-16-18-20-24-29-25(28)21-23-27/h4,6,26-27H,1-3,5,7-24H2. The Balaban J connectivity index is 3.11. The molecular weight excluding hydrogens is 364 g/mol. The molecule has 4 heteroatoms. The van der Waals surface area contributed by atoms with E-state index in [4.69, 9.17) is 14.9 Å². The highest BCUT2D eigenvalue weighted by molar-refractivity contribution is 5.69. The van der Waals surface area contributed by atoms with E-state index in [0.717, 1.165) is 19.3 Å². The summed E-state index contributed by atoms with van der Waals surface area (Å²) in [5.74, 6) is -0.291. The minimum Gasteiger partial charge on any atom is -0.466 e. The summed E-state index contributed by atoms with van der Waals surface area (Å²) in [5.41, 5.74) is 0. The minimum atomic E-state index is -0.291. The first-order valence-electron chi connectivity index (χ1n) is 12.3. The number of ether oxygens (including phenoxy) is 1. The zero-order valence-corrected chi connectivity index (χ0v) is 18.9. The van der Waals surface area contributed by atoms with Crippen molar-refractivity contribution in [1.29, 1.82) is 0 Å². The Morgan fingerprint density at radius 3 is 1.41 bits per heavy atom. The van der Waals surface area contributed by atoms with Gasteiger partial charge in [-0.05, 0) is 38.5 Å². The third-order valence-electron chi connectivity index (χ3n) is 5.29. The summed E-state index contributed by atoms with van der Waals surface area (Å²) in [6.45, 7) is 0.720. The first kappa shape index (κ1) is 28.1. The molecule has 0 rings (SSSR count). The molecule has 0 atom stereocenters. The fourth-order valence-corrected chi connectivity index (χ4v) is 3.44. The average Bonchev–Trinajstić information content (AvgIpc) is 2.72. The van der Waals surface area contributed by atoms with E-state index >= 15 is 0 Å². The van der Waals surface area contributed by atoms with Crippen molar-refractivity contribution in [1.82, 2.24) is 0 Å². The Morgan fingerprint density at radius 1 is 0.552 bits per heavy atom. The van der Waals surface area contributed by atoms with Crippen LogP contribution in [0.4, 0.5) is 0 Å². The summed E-state index contributed by atoms with van der Waals surface area (Å²) < 4.78 is 5.01. The fraction of sp³-hybridized carbons (Fsp3) is 0.880. The topological polar surface area (TPSA) is 66.8 Å². The lowest BCUT2D eigenvalue weighted by Crippen LogP contribution is -2.07. The number of unbranched alkanes of at least 4 members (excludes halogenated alkanes) is 16. The number of carbonyl (C=O) groups excluding carboxylic acids is 1. The number of aliphatic hydroxyl groups is 2. The van der Waals surface area contributed by atoms with Gasteiger partial charge in [0.25, 0.3) is 0 Å². The molecule has 0 spiro atoms. The molecule has 0 aromatic rings. The van der Waals surface area contributed by atoms with Gasteiger partial charge in [0.1, 0.15) is 0 Å². The molecule has 4 nitrogen and oxygen atoms in total. The quantitative estimate of drug-likeness (QED) is 0.114. The largest absolute Gasteiger partial charge is 0.466 e. The first-order valence-corrected chi connectivity index (χ1v) is 12.3. The van der Waals surface area contributed by atoms with Gasteiger partial charge in [-0.1, -0.05) is 89.2 Å². The van der Waals surface area contributed by atoms with Crippen LogP contribution < -0.4 is 0 Å². The van der Waals surface area contributed by atoms with Crippen LogP contribution in [0.25, 0.3) is 0 Å². The third kappa shape index (κ3) is 25.1. The van der Waals surface area contributed by atoms with E-state index in [1.165, 1.54) is 96.3 Å². The lowest BCUT2D eigenvalue weighted by molar-refractivity contribution is -0.144. The monoisotopic (exact) mass is 412 g/mol. The molecule has 0 saturated carbocycles. The first-order chi connectivity index (χ1) is 14.3. The lowest BCUT2D eigenvalue weighted by Gasteiger charge is -2.03. The Bertz CT molecular complexity index is 355. The van der Waals surface area contributed by atoms with E-state index in [9.17, 15) is 4.79 Å². The summed E-state index contributed by atoms with van der Waals surface area (Å²) in [5, 5.41) is 17.3. The molecule has 0 bridgehead atoms. The van der Waals surface area contributed by atoms with Crippen LogP contribution in [-0.2, 0) is 9.53 Å². The summed E-state index contributed by atoms with van der Waals surface area (Å²) in [6, 6.07) is 0. The van der Waals surface area contributed by atoms with Crippen molar-refractivity contribution in [3.63, 3.8) is 0 Å². The molecule has 0 aromatic carbocycles. The zero-order valence-electron chi connectivity index (χ0n) is 18.9. The summed E-state index contributed by atoms with van der Waals surface area (Å²) >= 11 is 0. The van der Waals surface area contributed by atoms with Crippen molar-refractivity contribution >= 4 is 5.97 Å². The Morgan fingerprint density at radius 2 is 0.966 bits per heavy atom. The van der Waals surface area contributed by atoms with E-state index in [1.54, 1.807) is 0 Å². The molecule has 0 radical (unpaired) electrons. The number of carbonyl (C=O) groups is 1. The van der Waals surface area contributed by atoms with Crippen molar-refractivity contribution in [2.24, 2.45) is 0 Å². The van der Waals surface area contributed by atoms with Gasteiger partial charge >= 0.3 is 5.97 Å². The van der Waals surface area contributed by atoms with Gasteiger partial charge in [-0.2, -0.15) is 0 Å².